The highest BCUT2D eigenvalue weighted by molar-refractivity contribution is 5.88. The normalized spacial score (nSPS) is 13.1. The first-order chi connectivity index (χ1) is 9.42. The molecule has 1 aliphatic rings. The molecule has 1 aliphatic heterocycles. The maximum atomic E-state index is 6.01. The summed E-state index contributed by atoms with van der Waals surface area (Å²) in [5.74, 6) is 0.918. The number of rotatable bonds is 0. The molecule has 0 saturated carbocycles. The van der Waals surface area contributed by atoms with Crippen molar-refractivity contribution < 1.29 is 8.98 Å². The van der Waals surface area contributed by atoms with Crippen LogP contribution < -0.4 is 4.57 Å². The van der Waals surface area contributed by atoms with E-state index in [4.69, 9.17) is 4.42 Å². The van der Waals surface area contributed by atoms with Crippen LogP contribution in [0.5, 0.6) is 0 Å². The monoisotopic (exact) mass is 249 g/mol. The van der Waals surface area contributed by atoms with E-state index in [-0.39, 0.29) is 0 Å². The number of nitrogens with zero attached hydrogens (tertiary/aromatic N) is 4. The summed E-state index contributed by atoms with van der Waals surface area (Å²) in [4.78, 5) is 8.30. The Balaban J connectivity index is 1.94. The number of hydrogen-bond donors (Lipinski definition) is 0. The molecule has 5 nitrogen and oxygen atoms in total. The van der Waals surface area contributed by atoms with E-state index < -0.39 is 0 Å². The van der Waals surface area contributed by atoms with Gasteiger partial charge in [-0.05, 0) is 12.1 Å². The molecule has 5 heteroatoms. The predicted octanol–water partition coefficient (Wildman–Crippen LogP) is 1.79. The second-order valence-corrected chi connectivity index (χ2v) is 4.74. The molecule has 0 aromatic carbocycles. The van der Waals surface area contributed by atoms with Crippen molar-refractivity contribution in [3.05, 3.63) is 48.8 Å². The maximum absolute atomic E-state index is 6.01. The van der Waals surface area contributed by atoms with Gasteiger partial charge in [0.15, 0.2) is 6.54 Å². The molecule has 4 aromatic rings. The van der Waals surface area contributed by atoms with Gasteiger partial charge < -0.3 is 4.42 Å². The summed E-state index contributed by atoms with van der Waals surface area (Å²) in [7, 11) is 0. The van der Waals surface area contributed by atoms with Gasteiger partial charge in [-0.1, -0.05) is 0 Å². The molecular formula is C14H9N4O+. The zero-order chi connectivity index (χ0) is 12.4. The van der Waals surface area contributed by atoms with Crippen molar-refractivity contribution in [2.75, 3.05) is 0 Å². The topological polar surface area (TPSA) is 47.2 Å². The molecule has 0 aliphatic carbocycles. The Morgan fingerprint density at radius 2 is 2.16 bits per heavy atom. The average molecular weight is 249 g/mol. The molecule has 0 fully saturated rings. The van der Waals surface area contributed by atoms with Crippen molar-refractivity contribution in [3.8, 4) is 11.5 Å². The van der Waals surface area contributed by atoms with Crippen LogP contribution >= 0.6 is 0 Å². The third-order valence-corrected chi connectivity index (χ3v) is 3.70. The molecule has 0 amide bonds. The maximum Gasteiger partial charge on any atom is 0.382 e. The summed E-state index contributed by atoms with van der Waals surface area (Å²) in [6.07, 6.45) is 9.28. The fourth-order valence-corrected chi connectivity index (χ4v) is 2.88. The summed E-state index contributed by atoms with van der Waals surface area (Å²) in [5, 5.41) is 0. The van der Waals surface area contributed by atoms with E-state index in [1.807, 2.05) is 28.9 Å². The van der Waals surface area contributed by atoms with Gasteiger partial charge in [-0.25, -0.2) is 4.98 Å². The van der Waals surface area contributed by atoms with E-state index in [9.17, 15) is 0 Å². The molecular weight excluding hydrogens is 240 g/mol. The van der Waals surface area contributed by atoms with Crippen molar-refractivity contribution in [2.45, 2.75) is 6.54 Å². The molecule has 5 heterocycles. The lowest BCUT2D eigenvalue weighted by Gasteiger charge is -1.90. The van der Waals surface area contributed by atoms with Gasteiger partial charge in [-0.3, -0.25) is 9.38 Å². The Kier molecular flexibility index (Phi) is 1.46. The fraction of sp³-hybridized carbons (Fsp3) is 0.0714. The number of fused-ring (bicyclic) bond motifs is 7. The van der Waals surface area contributed by atoms with Crippen LogP contribution in [0, 0.1) is 0 Å². The highest BCUT2D eigenvalue weighted by Gasteiger charge is 2.35. The molecule has 0 N–H and O–H groups in total. The summed E-state index contributed by atoms with van der Waals surface area (Å²) < 4.78 is 10.2. The quantitative estimate of drug-likeness (QED) is 0.393. The van der Waals surface area contributed by atoms with E-state index in [2.05, 4.69) is 14.5 Å². The molecule has 0 spiro atoms. The van der Waals surface area contributed by atoms with Crippen LogP contribution in [0.3, 0.4) is 0 Å². The van der Waals surface area contributed by atoms with Gasteiger partial charge in [-0.2, -0.15) is 0 Å². The Bertz CT molecular complexity index is 951. The van der Waals surface area contributed by atoms with Gasteiger partial charge >= 0.3 is 5.89 Å². The minimum Gasteiger partial charge on any atom is -0.396 e. The van der Waals surface area contributed by atoms with Crippen molar-refractivity contribution in [1.29, 1.82) is 0 Å². The largest absolute Gasteiger partial charge is 0.396 e. The summed E-state index contributed by atoms with van der Waals surface area (Å²) in [6, 6.07) is 4.01. The Morgan fingerprint density at radius 1 is 1.21 bits per heavy atom. The van der Waals surface area contributed by atoms with Gasteiger partial charge in [0.25, 0.3) is 5.52 Å². The van der Waals surface area contributed by atoms with Crippen LogP contribution in [0.1, 0.15) is 5.56 Å². The van der Waals surface area contributed by atoms with E-state index in [0.717, 1.165) is 34.6 Å². The van der Waals surface area contributed by atoms with E-state index in [1.54, 1.807) is 18.7 Å². The van der Waals surface area contributed by atoms with Crippen LogP contribution in [0.4, 0.5) is 0 Å². The Morgan fingerprint density at radius 3 is 3.16 bits per heavy atom. The number of aromatic nitrogens is 4. The van der Waals surface area contributed by atoms with Crippen LogP contribution in [0.15, 0.2) is 47.7 Å². The summed E-state index contributed by atoms with van der Waals surface area (Å²) in [5.41, 5.74) is 5.47. The van der Waals surface area contributed by atoms with E-state index in [1.165, 1.54) is 5.56 Å². The molecule has 90 valence electrons. The third kappa shape index (κ3) is 1.03. The van der Waals surface area contributed by atoms with Gasteiger partial charge in [0, 0.05) is 18.6 Å². The predicted molar refractivity (Wildman–Crippen MR) is 67.5 cm³/mol. The zero-order valence-electron chi connectivity index (χ0n) is 9.95. The first kappa shape index (κ1) is 9.27. The minimum atomic E-state index is 0.813. The highest BCUT2D eigenvalue weighted by Crippen LogP contribution is 2.32. The van der Waals surface area contributed by atoms with Gasteiger partial charge in [0.1, 0.15) is 5.52 Å². The van der Waals surface area contributed by atoms with Gasteiger partial charge in [0.2, 0.25) is 5.58 Å². The highest BCUT2D eigenvalue weighted by atomic mass is 16.4. The van der Waals surface area contributed by atoms with Crippen LogP contribution in [-0.2, 0) is 6.54 Å². The summed E-state index contributed by atoms with van der Waals surface area (Å²) >= 11 is 0. The van der Waals surface area contributed by atoms with Gasteiger partial charge in [-0.15, -0.1) is 4.57 Å². The first-order valence-electron chi connectivity index (χ1n) is 6.12. The first-order valence-corrected chi connectivity index (χ1v) is 6.12. The zero-order valence-corrected chi connectivity index (χ0v) is 9.95. The van der Waals surface area contributed by atoms with Crippen molar-refractivity contribution in [1.82, 2.24) is 14.4 Å². The minimum absolute atomic E-state index is 0.813. The number of hydrogen-bond acceptors (Lipinski definition) is 3. The summed E-state index contributed by atoms with van der Waals surface area (Å²) in [6.45, 7) is 0.813. The molecule has 0 atom stereocenters. The second kappa shape index (κ2) is 3.00. The number of oxazole rings is 1. The van der Waals surface area contributed by atoms with Crippen LogP contribution in [-0.4, -0.2) is 14.4 Å². The average Bonchev–Trinajstić information content (AvgIpc) is 3.05. The van der Waals surface area contributed by atoms with Crippen molar-refractivity contribution in [3.63, 3.8) is 0 Å². The molecule has 0 radical (unpaired) electrons. The molecule has 0 saturated heterocycles. The van der Waals surface area contributed by atoms with Gasteiger partial charge in [0.05, 0.1) is 23.7 Å². The van der Waals surface area contributed by atoms with E-state index >= 15 is 0 Å². The van der Waals surface area contributed by atoms with Crippen molar-refractivity contribution in [2.24, 2.45) is 0 Å². The van der Waals surface area contributed by atoms with Crippen LogP contribution in [0.2, 0.25) is 0 Å². The number of pyridine rings is 1. The lowest BCUT2D eigenvalue weighted by Crippen LogP contribution is -2.30. The van der Waals surface area contributed by atoms with E-state index in [0.29, 0.717) is 0 Å². The Hall–Kier alpha value is -2.69. The van der Waals surface area contributed by atoms with Crippen molar-refractivity contribution >= 4 is 16.6 Å². The molecule has 5 rings (SSSR count). The fourth-order valence-electron chi connectivity index (χ4n) is 2.88. The lowest BCUT2D eigenvalue weighted by molar-refractivity contribution is -0.648. The molecule has 0 bridgehead atoms. The molecule has 4 aromatic heterocycles. The lowest BCUT2D eigenvalue weighted by atomic mass is 10.2. The van der Waals surface area contributed by atoms with Crippen LogP contribution in [0.25, 0.3) is 28.1 Å². The molecule has 0 unspecified atom stereocenters. The smallest absolute Gasteiger partial charge is 0.382 e. The Labute approximate surface area is 107 Å². The SMILES string of the molecule is c1cc2c(cn1)C[n+]1c-2oc2cn3cnccc3c21. The third-order valence-electron chi connectivity index (χ3n) is 3.70. The molecule has 19 heavy (non-hydrogen) atoms. The second-order valence-electron chi connectivity index (χ2n) is 4.74. The standard InChI is InChI=1S/C14H9N4O/c1-3-15-5-9-6-18-13-11-2-4-16-8-17(11)7-12(13)19-14(18)10(1)9/h1-5,7-8H,6H2/q+1.